The van der Waals surface area contributed by atoms with Crippen LogP contribution in [0.5, 0.6) is 17.2 Å². The molecule has 1 aromatic rings. The first-order chi connectivity index (χ1) is 12.3. The van der Waals surface area contributed by atoms with Crippen molar-refractivity contribution in [1.29, 1.82) is 0 Å². The molecule has 1 aliphatic rings. The highest BCUT2D eigenvalue weighted by Crippen LogP contribution is 2.32. The summed E-state index contributed by atoms with van der Waals surface area (Å²) < 4.78 is 27.4. The molecule has 1 heterocycles. The summed E-state index contributed by atoms with van der Waals surface area (Å²) in [5, 5.41) is 8.73. The molecule has 0 saturated heterocycles. The first-order valence-electron chi connectivity index (χ1n) is 8.66. The summed E-state index contributed by atoms with van der Waals surface area (Å²) >= 11 is 0. The normalized spacial score (nSPS) is 15.7. The van der Waals surface area contributed by atoms with E-state index >= 15 is 0 Å². The van der Waals surface area contributed by atoms with Gasteiger partial charge >= 0.3 is 5.97 Å². The minimum atomic E-state index is -0.302. The molecular weight excluding hydrogens is 328 g/mol. The van der Waals surface area contributed by atoms with E-state index in [9.17, 15) is 4.79 Å². The van der Waals surface area contributed by atoms with Gasteiger partial charge in [0.05, 0.1) is 26.4 Å². The zero-order valence-corrected chi connectivity index (χ0v) is 14.4. The Labute approximate surface area is 147 Å². The Balaban J connectivity index is 1.92. The summed E-state index contributed by atoms with van der Waals surface area (Å²) in [6.07, 6.45) is 2.51. The predicted molar refractivity (Wildman–Crippen MR) is 90.3 cm³/mol. The Hall–Kier alpha value is -1.83. The maximum atomic E-state index is 11.9. The highest BCUT2D eigenvalue weighted by atomic mass is 16.6. The molecule has 0 bridgehead atoms. The number of aliphatic hydroxyl groups is 1. The van der Waals surface area contributed by atoms with Crippen molar-refractivity contribution in [3.05, 3.63) is 18.2 Å². The van der Waals surface area contributed by atoms with Gasteiger partial charge in [-0.2, -0.15) is 0 Å². The fraction of sp³-hybridized carbons (Fsp3) is 0.611. The molecule has 0 saturated carbocycles. The Morgan fingerprint density at radius 3 is 2.32 bits per heavy atom. The van der Waals surface area contributed by atoms with Crippen LogP contribution in [0.15, 0.2) is 18.2 Å². The lowest BCUT2D eigenvalue weighted by Gasteiger charge is -2.16. The number of hydrogen-bond donors (Lipinski definition) is 1. The minimum Gasteiger partial charge on any atom is -0.487 e. The summed E-state index contributed by atoms with van der Waals surface area (Å²) in [6.45, 7) is 2.87. The van der Waals surface area contributed by atoms with Crippen molar-refractivity contribution < 1.29 is 33.6 Å². The van der Waals surface area contributed by atoms with Crippen LogP contribution in [-0.2, 0) is 14.3 Å². The molecule has 0 unspecified atom stereocenters. The van der Waals surface area contributed by atoms with Gasteiger partial charge in [0.25, 0.3) is 0 Å². The van der Waals surface area contributed by atoms with Gasteiger partial charge in [0.2, 0.25) is 0 Å². The summed E-state index contributed by atoms with van der Waals surface area (Å²) in [7, 11) is 0. The monoisotopic (exact) mass is 354 g/mol. The summed E-state index contributed by atoms with van der Waals surface area (Å²) in [5.74, 6) is 1.20. The third-order valence-electron chi connectivity index (χ3n) is 3.53. The number of esters is 1. The number of fused-ring (bicyclic) bond motifs is 1. The van der Waals surface area contributed by atoms with Gasteiger partial charge in [-0.15, -0.1) is 0 Å². The molecule has 1 aliphatic heterocycles. The molecule has 2 rings (SSSR count). The van der Waals surface area contributed by atoms with Gasteiger partial charge in [0, 0.05) is 19.1 Å². The molecule has 140 valence electrons. The van der Waals surface area contributed by atoms with Crippen LogP contribution >= 0.6 is 0 Å². The van der Waals surface area contributed by atoms with E-state index in [2.05, 4.69) is 0 Å². The van der Waals surface area contributed by atoms with Crippen LogP contribution in [0, 0.1) is 0 Å². The van der Waals surface area contributed by atoms with Crippen molar-refractivity contribution in [3.63, 3.8) is 0 Å². The summed E-state index contributed by atoms with van der Waals surface area (Å²) in [4.78, 5) is 11.9. The summed E-state index contributed by atoms with van der Waals surface area (Å²) in [5.41, 5.74) is 0. The van der Waals surface area contributed by atoms with Crippen LogP contribution in [0.3, 0.4) is 0 Å². The van der Waals surface area contributed by atoms with E-state index in [1.807, 2.05) is 0 Å². The fourth-order valence-electron chi connectivity index (χ4n) is 2.27. The van der Waals surface area contributed by atoms with Gasteiger partial charge in [0.15, 0.2) is 11.5 Å². The Morgan fingerprint density at radius 2 is 1.60 bits per heavy atom. The first kappa shape index (κ1) is 19.5. The third-order valence-corrected chi connectivity index (χ3v) is 3.53. The van der Waals surface area contributed by atoms with Crippen molar-refractivity contribution in [2.75, 3.05) is 46.2 Å². The zero-order chi connectivity index (χ0) is 17.7. The van der Waals surface area contributed by atoms with Gasteiger partial charge < -0.3 is 28.8 Å². The standard InChI is InChI=1S/C18H26O7/c19-7-3-1-2-4-18(20)25-15-5-6-16-17(14-15)24-13-11-22-9-8-21-10-12-23-16/h5-6,14,19H,1-4,7-13H2. The molecule has 7 heteroatoms. The van der Waals surface area contributed by atoms with Gasteiger partial charge in [-0.3, -0.25) is 4.79 Å². The quantitative estimate of drug-likeness (QED) is 0.475. The minimum absolute atomic E-state index is 0.145. The van der Waals surface area contributed by atoms with E-state index in [1.54, 1.807) is 18.2 Å². The fourth-order valence-corrected chi connectivity index (χ4v) is 2.27. The maximum absolute atomic E-state index is 11.9. The average molecular weight is 354 g/mol. The van der Waals surface area contributed by atoms with Crippen molar-refractivity contribution in [1.82, 2.24) is 0 Å². The molecule has 0 atom stereocenters. The van der Waals surface area contributed by atoms with Crippen LogP contribution in [0.25, 0.3) is 0 Å². The van der Waals surface area contributed by atoms with Gasteiger partial charge in [-0.25, -0.2) is 0 Å². The number of ether oxygens (including phenoxy) is 5. The van der Waals surface area contributed by atoms with Crippen molar-refractivity contribution in [2.24, 2.45) is 0 Å². The lowest BCUT2D eigenvalue weighted by molar-refractivity contribution is -0.134. The molecule has 0 radical (unpaired) electrons. The predicted octanol–water partition coefficient (Wildman–Crippen LogP) is 1.95. The van der Waals surface area contributed by atoms with E-state index in [0.717, 1.165) is 6.42 Å². The number of unbranched alkanes of at least 4 members (excludes halogenated alkanes) is 2. The second-order valence-electron chi connectivity index (χ2n) is 5.54. The number of carbonyl (C=O) groups is 1. The number of rotatable bonds is 6. The number of aliphatic hydroxyl groups excluding tert-OH is 1. The molecule has 0 amide bonds. The second kappa shape index (κ2) is 11.7. The van der Waals surface area contributed by atoms with Gasteiger partial charge in [0.1, 0.15) is 19.0 Å². The average Bonchev–Trinajstić information content (AvgIpc) is 2.60. The molecular formula is C18H26O7. The van der Waals surface area contributed by atoms with E-state index in [4.69, 9.17) is 28.8 Å². The highest BCUT2D eigenvalue weighted by molar-refractivity contribution is 5.72. The molecule has 1 N–H and O–H groups in total. The number of hydrogen-bond acceptors (Lipinski definition) is 7. The summed E-state index contributed by atoms with van der Waals surface area (Å²) in [6, 6.07) is 5.04. The second-order valence-corrected chi connectivity index (χ2v) is 5.54. The molecule has 7 nitrogen and oxygen atoms in total. The number of carbonyl (C=O) groups excluding carboxylic acids is 1. The molecule has 0 fully saturated rings. The molecule has 0 aromatic heterocycles. The van der Waals surface area contributed by atoms with Crippen molar-refractivity contribution >= 4 is 5.97 Å². The number of benzene rings is 1. The Morgan fingerprint density at radius 1 is 0.920 bits per heavy atom. The van der Waals surface area contributed by atoms with Gasteiger partial charge in [-0.1, -0.05) is 6.42 Å². The molecule has 0 aliphatic carbocycles. The zero-order valence-electron chi connectivity index (χ0n) is 14.4. The first-order valence-corrected chi connectivity index (χ1v) is 8.66. The van der Waals surface area contributed by atoms with Crippen molar-refractivity contribution in [2.45, 2.75) is 25.7 Å². The van der Waals surface area contributed by atoms with E-state index in [0.29, 0.717) is 76.2 Å². The van der Waals surface area contributed by atoms with E-state index in [1.165, 1.54) is 0 Å². The van der Waals surface area contributed by atoms with Crippen LogP contribution in [0.1, 0.15) is 25.7 Å². The van der Waals surface area contributed by atoms with E-state index < -0.39 is 0 Å². The van der Waals surface area contributed by atoms with Crippen LogP contribution in [0.4, 0.5) is 0 Å². The maximum Gasteiger partial charge on any atom is 0.311 e. The van der Waals surface area contributed by atoms with Gasteiger partial charge in [-0.05, 0) is 25.0 Å². The Kier molecular flexibility index (Phi) is 9.11. The largest absolute Gasteiger partial charge is 0.487 e. The SMILES string of the molecule is O=C(CCCCCO)Oc1ccc2c(c1)OCCOCCOCCO2. The lowest BCUT2D eigenvalue weighted by atomic mass is 10.2. The van der Waals surface area contributed by atoms with Crippen molar-refractivity contribution in [3.8, 4) is 17.2 Å². The highest BCUT2D eigenvalue weighted by Gasteiger charge is 2.11. The topological polar surface area (TPSA) is 83.5 Å². The van der Waals surface area contributed by atoms with Crippen LogP contribution in [-0.4, -0.2) is 57.3 Å². The molecule has 1 aromatic carbocycles. The smallest absolute Gasteiger partial charge is 0.311 e. The third kappa shape index (κ3) is 7.72. The van der Waals surface area contributed by atoms with Crippen LogP contribution in [0.2, 0.25) is 0 Å². The van der Waals surface area contributed by atoms with Crippen LogP contribution < -0.4 is 14.2 Å². The lowest BCUT2D eigenvalue weighted by Crippen LogP contribution is -2.16. The molecule has 0 spiro atoms. The Bertz CT molecular complexity index is 518. The van der Waals surface area contributed by atoms with E-state index in [-0.39, 0.29) is 12.6 Å². The molecule has 25 heavy (non-hydrogen) atoms.